The Labute approximate surface area is 239 Å². The molecular formula is C29H29FN10O. The Bertz CT molecular complexity index is 2010. The highest BCUT2D eigenvalue weighted by Gasteiger charge is 2.33. The number of aromatic nitrogens is 10. The van der Waals surface area contributed by atoms with Gasteiger partial charge in [0.25, 0.3) is 0 Å². The number of fused-ring (bicyclic) bond motifs is 3. The maximum atomic E-state index is 15.7. The van der Waals surface area contributed by atoms with Crippen LogP contribution in [-0.4, -0.2) is 62.7 Å². The van der Waals surface area contributed by atoms with Crippen molar-refractivity contribution in [1.82, 2.24) is 49.5 Å². The van der Waals surface area contributed by atoms with Gasteiger partial charge in [0, 0.05) is 54.8 Å². The Morgan fingerprint density at radius 1 is 1.02 bits per heavy atom. The summed E-state index contributed by atoms with van der Waals surface area (Å²) in [7, 11) is 3.45. The molecular weight excluding hydrogens is 523 g/mol. The highest BCUT2D eigenvalue weighted by atomic mass is 19.1. The minimum absolute atomic E-state index is 0.0301. The van der Waals surface area contributed by atoms with Crippen LogP contribution in [0.25, 0.3) is 44.7 Å². The molecule has 0 saturated carbocycles. The van der Waals surface area contributed by atoms with E-state index < -0.39 is 18.7 Å². The number of hydrogen-bond donors (Lipinski definition) is 0. The molecule has 7 rings (SSSR count). The van der Waals surface area contributed by atoms with Gasteiger partial charge < -0.3 is 9.30 Å². The van der Waals surface area contributed by atoms with Crippen molar-refractivity contribution >= 4 is 22.1 Å². The van der Waals surface area contributed by atoms with Crippen molar-refractivity contribution in [2.75, 3.05) is 13.2 Å². The summed E-state index contributed by atoms with van der Waals surface area (Å²) in [5, 5.41) is 17.0. The first-order chi connectivity index (χ1) is 21.1. The molecule has 0 N–H and O–H groups in total. The average Bonchev–Trinajstić information content (AvgIpc) is 3.66. The Balaban J connectivity index is 1.57. The van der Waals surface area contributed by atoms with Gasteiger partial charge in [0.1, 0.15) is 17.2 Å². The number of pyridine rings is 3. The van der Waals surface area contributed by atoms with Gasteiger partial charge in [0.2, 0.25) is 0 Å². The van der Waals surface area contributed by atoms with E-state index in [-0.39, 0.29) is 17.3 Å². The first-order valence-corrected chi connectivity index (χ1v) is 13.4. The highest BCUT2D eigenvalue weighted by Crippen LogP contribution is 2.41. The lowest BCUT2D eigenvalue weighted by atomic mass is 9.88. The van der Waals surface area contributed by atoms with Gasteiger partial charge in [0.05, 0.1) is 45.5 Å². The maximum Gasteiger partial charge on any atom is 0.146 e. The molecule has 1 atom stereocenters. The standard InChI is InChI=1S/C29H29FN10O/c1-16-26(38(3)36-34-16)19-14-23-24(32-15-19)20-7-8-22(27-17(2)35-37-39(27)4)33-29(20)40(23)28(18-9-12-41-13-10-18)25-21(30)6-5-11-31-25/h5-8,11,14-15,18,28H,9-10,12-13H2,1-4H3/i2D3. The number of aryl methyl sites for hydroxylation is 4. The number of halogens is 1. The fourth-order valence-electron chi connectivity index (χ4n) is 6.02. The molecule has 11 nitrogen and oxygen atoms in total. The zero-order valence-electron chi connectivity index (χ0n) is 25.8. The van der Waals surface area contributed by atoms with Gasteiger partial charge in [-0.15, -0.1) is 10.2 Å². The Kier molecular flexibility index (Phi) is 5.30. The fourth-order valence-corrected chi connectivity index (χ4v) is 6.02. The number of ether oxygens (including phenoxy) is 1. The molecule has 6 aromatic rings. The molecule has 6 aromatic heterocycles. The van der Waals surface area contributed by atoms with Gasteiger partial charge >= 0.3 is 0 Å². The van der Waals surface area contributed by atoms with Crippen LogP contribution < -0.4 is 0 Å². The molecule has 0 aromatic carbocycles. The topological polar surface area (TPSA) is 114 Å². The van der Waals surface area contributed by atoms with E-state index in [4.69, 9.17) is 18.8 Å². The third kappa shape index (κ3) is 4.08. The summed E-state index contributed by atoms with van der Waals surface area (Å²) < 4.78 is 50.6. The second kappa shape index (κ2) is 9.81. The van der Waals surface area contributed by atoms with E-state index in [2.05, 4.69) is 25.6 Å². The second-order valence-corrected chi connectivity index (χ2v) is 10.4. The number of hydrogen-bond acceptors (Lipinski definition) is 8. The van der Waals surface area contributed by atoms with E-state index in [0.29, 0.717) is 48.6 Å². The van der Waals surface area contributed by atoms with Crippen LogP contribution >= 0.6 is 0 Å². The third-order valence-electron chi connectivity index (χ3n) is 7.88. The minimum atomic E-state index is -2.50. The van der Waals surface area contributed by atoms with E-state index in [9.17, 15) is 0 Å². The van der Waals surface area contributed by atoms with Crippen molar-refractivity contribution in [2.45, 2.75) is 32.7 Å². The predicted octanol–water partition coefficient (Wildman–Crippen LogP) is 4.34. The van der Waals surface area contributed by atoms with Gasteiger partial charge in [-0.2, -0.15) is 0 Å². The van der Waals surface area contributed by atoms with Crippen LogP contribution in [0.2, 0.25) is 0 Å². The van der Waals surface area contributed by atoms with Crippen molar-refractivity contribution < 1.29 is 13.2 Å². The molecule has 1 aliphatic rings. The first-order valence-electron chi connectivity index (χ1n) is 14.9. The van der Waals surface area contributed by atoms with Gasteiger partial charge in [0.15, 0.2) is 0 Å². The van der Waals surface area contributed by atoms with Crippen LogP contribution in [0.5, 0.6) is 0 Å². The number of nitrogens with zero attached hydrogens (tertiary/aromatic N) is 10. The molecule has 41 heavy (non-hydrogen) atoms. The summed E-state index contributed by atoms with van der Waals surface area (Å²) in [6.45, 7) is 0.462. The molecule has 1 saturated heterocycles. The van der Waals surface area contributed by atoms with Gasteiger partial charge in [-0.05, 0) is 62.9 Å². The third-order valence-corrected chi connectivity index (χ3v) is 7.88. The maximum absolute atomic E-state index is 15.7. The molecule has 0 radical (unpaired) electrons. The SMILES string of the molecule is [2H]C([2H])([2H])c1nnn(C)c1-c1ccc2c3ncc(-c4c(C)nnn4C)cc3n(C(c3ncccc3F)C3CCOCC3)c2n1. The Hall–Kier alpha value is -4.58. The summed E-state index contributed by atoms with van der Waals surface area (Å²) in [6.07, 6.45) is 4.74. The lowest BCUT2D eigenvalue weighted by Gasteiger charge is -2.32. The van der Waals surface area contributed by atoms with Crippen molar-refractivity contribution in [3.8, 4) is 22.6 Å². The van der Waals surface area contributed by atoms with E-state index >= 15 is 4.39 Å². The smallest absolute Gasteiger partial charge is 0.146 e. The van der Waals surface area contributed by atoms with Gasteiger partial charge in [-0.25, -0.2) is 18.7 Å². The van der Waals surface area contributed by atoms with Crippen LogP contribution in [0.3, 0.4) is 0 Å². The molecule has 0 bridgehead atoms. The van der Waals surface area contributed by atoms with E-state index in [1.54, 1.807) is 36.3 Å². The van der Waals surface area contributed by atoms with Crippen LogP contribution in [0.1, 0.15) is 40.1 Å². The normalized spacial score (nSPS) is 16.6. The lowest BCUT2D eigenvalue weighted by molar-refractivity contribution is 0.0542. The van der Waals surface area contributed by atoms with Gasteiger partial charge in [-0.1, -0.05) is 10.4 Å². The Morgan fingerprint density at radius 2 is 1.80 bits per heavy atom. The van der Waals surface area contributed by atoms with Crippen molar-refractivity contribution in [1.29, 1.82) is 0 Å². The first kappa shape index (κ1) is 22.1. The summed E-state index contributed by atoms with van der Waals surface area (Å²) in [4.78, 5) is 14.5. The molecule has 12 heteroatoms. The zero-order valence-corrected chi connectivity index (χ0v) is 22.8. The van der Waals surface area contributed by atoms with Crippen LogP contribution in [0, 0.1) is 25.5 Å². The molecule has 0 aliphatic carbocycles. The predicted molar refractivity (Wildman–Crippen MR) is 150 cm³/mol. The van der Waals surface area contributed by atoms with Gasteiger partial charge in [-0.3, -0.25) is 9.97 Å². The summed E-state index contributed by atoms with van der Waals surface area (Å²) in [5.41, 5.74) is 5.05. The van der Waals surface area contributed by atoms with Crippen LogP contribution in [0.15, 0.2) is 42.7 Å². The van der Waals surface area contributed by atoms with E-state index in [1.807, 2.05) is 30.7 Å². The number of rotatable bonds is 5. The molecule has 208 valence electrons. The summed E-state index contributed by atoms with van der Waals surface area (Å²) in [5.74, 6) is -0.455. The molecule has 1 fully saturated rings. The molecule has 1 unspecified atom stereocenters. The molecule has 7 heterocycles. The molecule has 0 amide bonds. The fraction of sp³-hybridized carbons (Fsp3) is 0.345. The largest absolute Gasteiger partial charge is 0.381 e. The van der Waals surface area contributed by atoms with Crippen molar-refractivity contribution in [3.05, 3.63) is 65.6 Å². The minimum Gasteiger partial charge on any atom is -0.381 e. The quantitative estimate of drug-likeness (QED) is 0.309. The van der Waals surface area contributed by atoms with Crippen LogP contribution in [0.4, 0.5) is 4.39 Å². The monoisotopic (exact) mass is 555 g/mol. The van der Waals surface area contributed by atoms with Crippen LogP contribution in [-0.2, 0) is 18.8 Å². The van der Waals surface area contributed by atoms with Crippen molar-refractivity contribution in [3.63, 3.8) is 0 Å². The summed E-state index contributed by atoms with van der Waals surface area (Å²) in [6, 6.07) is 8.05. The zero-order chi connectivity index (χ0) is 30.7. The van der Waals surface area contributed by atoms with E-state index in [0.717, 1.165) is 27.9 Å². The van der Waals surface area contributed by atoms with Crippen molar-refractivity contribution in [2.24, 2.45) is 20.0 Å². The molecule has 1 aliphatic heterocycles. The lowest BCUT2D eigenvalue weighted by Crippen LogP contribution is -2.28. The Morgan fingerprint density at radius 3 is 2.54 bits per heavy atom. The summed E-state index contributed by atoms with van der Waals surface area (Å²) >= 11 is 0. The molecule has 0 spiro atoms. The average molecular weight is 556 g/mol. The van der Waals surface area contributed by atoms with E-state index in [1.165, 1.54) is 10.7 Å². The highest BCUT2D eigenvalue weighted by molar-refractivity contribution is 6.06. The second-order valence-electron chi connectivity index (χ2n) is 10.4.